The summed E-state index contributed by atoms with van der Waals surface area (Å²) >= 11 is 0. The Morgan fingerprint density at radius 1 is 0.400 bits per heavy atom. The highest BCUT2D eigenvalue weighted by atomic mass is 15.0. The quantitative estimate of drug-likeness (QED) is 0.193. The van der Waals surface area contributed by atoms with Crippen molar-refractivity contribution in [3.8, 4) is 51.8 Å². The van der Waals surface area contributed by atoms with Gasteiger partial charge in [-0.05, 0) is 77.9 Å². The van der Waals surface area contributed by atoms with Gasteiger partial charge in [0, 0.05) is 38.4 Å². The van der Waals surface area contributed by atoms with E-state index in [2.05, 4.69) is 106 Å². The van der Waals surface area contributed by atoms with Gasteiger partial charge in [0.15, 0.2) is 0 Å². The lowest BCUT2D eigenvalue weighted by molar-refractivity contribution is 1.17. The van der Waals surface area contributed by atoms with Crippen LogP contribution in [0.3, 0.4) is 0 Å². The summed E-state index contributed by atoms with van der Waals surface area (Å²) in [7, 11) is 0. The van der Waals surface area contributed by atoms with Crippen molar-refractivity contribution in [3.63, 3.8) is 0 Å². The van der Waals surface area contributed by atoms with E-state index in [1.165, 1.54) is 0 Å². The molecule has 0 N–H and O–H groups in total. The second-order valence-corrected chi connectivity index (χ2v) is 12.3. The van der Waals surface area contributed by atoms with E-state index in [4.69, 9.17) is 0 Å². The molecule has 0 aliphatic heterocycles. The zero-order valence-electron chi connectivity index (χ0n) is 26.7. The smallest absolute Gasteiger partial charge is 0.0998 e. The number of hydrogen-bond donors (Lipinski definition) is 0. The van der Waals surface area contributed by atoms with Crippen LogP contribution in [0.2, 0.25) is 0 Å². The fourth-order valence-corrected chi connectivity index (χ4v) is 7.52. The molecule has 0 radical (unpaired) electrons. The lowest BCUT2D eigenvalue weighted by Crippen LogP contribution is -2.00. The highest BCUT2D eigenvalue weighted by Gasteiger charge is 2.21. The predicted octanol–water partition coefficient (Wildman–Crippen LogP) is 10.8. The van der Waals surface area contributed by atoms with Crippen LogP contribution in [0.5, 0.6) is 0 Å². The van der Waals surface area contributed by atoms with Gasteiger partial charge in [0.2, 0.25) is 0 Å². The Morgan fingerprint density at radius 3 is 1.66 bits per heavy atom. The summed E-state index contributed by atoms with van der Waals surface area (Å²) in [4.78, 5) is 0. The first-order valence-electron chi connectivity index (χ1n) is 16.3. The molecule has 2 aromatic heterocycles. The van der Waals surface area contributed by atoms with Crippen molar-refractivity contribution in [2.45, 2.75) is 0 Å². The molecule has 0 spiro atoms. The third-order valence-electron chi connectivity index (χ3n) is 9.60. The molecule has 0 fully saturated rings. The minimum Gasteiger partial charge on any atom is -0.309 e. The van der Waals surface area contributed by atoms with Crippen LogP contribution in [0.1, 0.15) is 16.7 Å². The summed E-state index contributed by atoms with van der Waals surface area (Å²) in [5, 5.41) is 34.9. The fourth-order valence-electron chi connectivity index (χ4n) is 7.52. The van der Waals surface area contributed by atoms with Gasteiger partial charge in [0.05, 0.1) is 62.7 Å². The normalized spacial score (nSPS) is 11.1. The Bertz CT molecular complexity index is 2920. The number of nitriles is 3. The SMILES string of the molecule is N#Cc1cc(-c2cccc(C#N)c2-c2ccccc2-n2c3ccccc3c3ccccc32)cc(-n2c3ccccc3c3cc(C#N)ccc32)c1. The summed E-state index contributed by atoms with van der Waals surface area (Å²) in [6.07, 6.45) is 0. The van der Waals surface area contributed by atoms with Crippen LogP contribution in [-0.4, -0.2) is 9.13 Å². The lowest BCUT2D eigenvalue weighted by atomic mass is 9.89. The second kappa shape index (κ2) is 11.4. The fraction of sp³-hybridized carbons (Fsp3) is 0. The van der Waals surface area contributed by atoms with Gasteiger partial charge in [0.1, 0.15) is 0 Å². The van der Waals surface area contributed by atoms with Gasteiger partial charge in [-0.3, -0.25) is 0 Å². The van der Waals surface area contributed by atoms with Gasteiger partial charge in [0.25, 0.3) is 0 Å². The lowest BCUT2D eigenvalue weighted by Gasteiger charge is -2.19. The molecule has 0 bridgehead atoms. The summed E-state index contributed by atoms with van der Waals surface area (Å²) in [6.45, 7) is 0. The van der Waals surface area contributed by atoms with Crippen LogP contribution >= 0.6 is 0 Å². The zero-order chi connectivity index (χ0) is 33.8. The summed E-state index contributed by atoms with van der Waals surface area (Å²) in [5.74, 6) is 0. The number of hydrogen-bond acceptors (Lipinski definition) is 3. The van der Waals surface area contributed by atoms with Crippen LogP contribution in [-0.2, 0) is 0 Å². The molecule has 0 aliphatic rings. The van der Waals surface area contributed by atoms with Crippen molar-refractivity contribution in [2.24, 2.45) is 0 Å². The van der Waals surface area contributed by atoms with Gasteiger partial charge in [-0.25, -0.2) is 0 Å². The minimum absolute atomic E-state index is 0.501. The van der Waals surface area contributed by atoms with Crippen molar-refractivity contribution in [1.82, 2.24) is 9.13 Å². The van der Waals surface area contributed by atoms with E-state index >= 15 is 0 Å². The van der Waals surface area contributed by atoms with Crippen molar-refractivity contribution in [3.05, 3.63) is 168 Å². The molecule has 0 saturated carbocycles. The van der Waals surface area contributed by atoms with Gasteiger partial charge in [-0.1, -0.05) is 84.9 Å². The Hall–Kier alpha value is -7.39. The molecule has 0 unspecified atom stereocenters. The van der Waals surface area contributed by atoms with E-state index in [-0.39, 0.29) is 0 Å². The predicted molar refractivity (Wildman–Crippen MR) is 200 cm³/mol. The Kier molecular flexibility index (Phi) is 6.56. The molecule has 230 valence electrons. The Morgan fingerprint density at radius 2 is 0.980 bits per heavy atom. The van der Waals surface area contributed by atoms with E-state index in [9.17, 15) is 15.8 Å². The maximum absolute atomic E-state index is 10.6. The molecule has 2 heterocycles. The number of para-hydroxylation sites is 4. The third-order valence-corrected chi connectivity index (χ3v) is 9.60. The second-order valence-electron chi connectivity index (χ2n) is 12.3. The van der Waals surface area contributed by atoms with Crippen LogP contribution in [0.4, 0.5) is 0 Å². The molecule has 9 rings (SSSR count). The number of fused-ring (bicyclic) bond motifs is 6. The molecule has 0 saturated heterocycles. The highest BCUT2D eigenvalue weighted by molar-refractivity contribution is 6.11. The zero-order valence-corrected chi connectivity index (χ0v) is 26.7. The monoisotopic (exact) mass is 635 g/mol. The van der Waals surface area contributed by atoms with Gasteiger partial charge in [-0.15, -0.1) is 0 Å². The Balaban J connectivity index is 1.33. The van der Waals surface area contributed by atoms with Crippen molar-refractivity contribution in [2.75, 3.05) is 0 Å². The van der Waals surface area contributed by atoms with E-state index in [0.29, 0.717) is 16.7 Å². The maximum atomic E-state index is 10.6. The molecule has 5 heteroatoms. The molecule has 50 heavy (non-hydrogen) atoms. The molecule has 0 atom stereocenters. The largest absolute Gasteiger partial charge is 0.309 e. The summed E-state index contributed by atoms with van der Waals surface area (Å²) < 4.78 is 4.43. The average Bonchev–Trinajstić information content (AvgIpc) is 3.70. The van der Waals surface area contributed by atoms with E-state index in [1.54, 1.807) is 0 Å². The first-order chi connectivity index (χ1) is 24.7. The maximum Gasteiger partial charge on any atom is 0.0998 e. The number of aromatic nitrogens is 2. The van der Waals surface area contributed by atoms with Crippen LogP contribution in [0.15, 0.2) is 152 Å². The van der Waals surface area contributed by atoms with E-state index in [1.807, 2.05) is 72.8 Å². The number of benzene rings is 7. The number of nitrogens with zero attached hydrogens (tertiary/aromatic N) is 5. The van der Waals surface area contributed by atoms with Crippen LogP contribution in [0, 0.1) is 34.0 Å². The molecule has 0 aliphatic carbocycles. The average molecular weight is 636 g/mol. The van der Waals surface area contributed by atoms with E-state index < -0.39 is 0 Å². The molecule has 7 aromatic carbocycles. The van der Waals surface area contributed by atoms with Gasteiger partial charge < -0.3 is 9.13 Å². The van der Waals surface area contributed by atoms with Crippen molar-refractivity contribution in [1.29, 1.82) is 15.8 Å². The topological polar surface area (TPSA) is 81.2 Å². The van der Waals surface area contributed by atoms with E-state index in [0.717, 1.165) is 77.2 Å². The third kappa shape index (κ3) is 4.31. The minimum atomic E-state index is 0.501. The van der Waals surface area contributed by atoms with Gasteiger partial charge in [-0.2, -0.15) is 15.8 Å². The molecular formula is C45H25N5. The molecule has 5 nitrogen and oxygen atoms in total. The van der Waals surface area contributed by atoms with Crippen LogP contribution in [0.25, 0.3) is 77.2 Å². The molecule has 0 amide bonds. The Labute approximate surface area is 287 Å². The summed E-state index contributed by atoms with van der Waals surface area (Å²) in [5.41, 5.74) is 10.9. The molecule has 9 aromatic rings. The van der Waals surface area contributed by atoms with Gasteiger partial charge >= 0.3 is 0 Å². The highest BCUT2D eigenvalue weighted by Crippen LogP contribution is 2.42. The number of rotatable bonds is 4. The summed E-state index contributed by atoms with van der Waals surface area (Å²) in [6, 6.07) is 57.7. The first-order valence-corrected chi connectivity index (χ1v) is 16.3. The van der Waals surface area contributed by atoms with Crippen molar-refractivity contribution >= 4 is 43.6 Å². The standard InChI is InChI=1S/C45H25N5/c46-26-29-20-21-44-39(24-29)37-13-3-5-16-40(37)49(44)33-23-30(27-47)22-32(25-33)34-15-9-10-31(28-48)45(34)38-14-4-8-19-43(38)50-41-17-6-1-11-35(41)36-12-2-7-18-42(36)50/h1-25H. The van der Waals surface area contributed by atoms with Crippen molar-refractivity contribution < 1.29 is 0 Å². The van der Waals surface area contributed by atoms with Crippen LogP contribution < -0.4 is 0 Å². The molecular weight excluding hydrogens is 611 g/mol. The first kappa shape index (κ1) is 28.8.